The summed E-state index contributed by atoms with van der Waals surface area (Å²) in [6, 6.07) is 12.2. The molecule has 1 atom stereocenters. The smallest absolute Gasteiger partial charge is 0.311 e. The Bertz CT molecular complexity index is 908. The first-order valence-corrected chi connectivity index (χ1v) is 9.50. The van der Waals surface area contributed by atoms with Crippen molar-refractivity contribution in [2.45, 2.75) is 24.3 Å². The van der Waals surface area contributed by atoms with Crippen LogP contribution in [0.4, 0.5) is 5.69 Å². The van der Waals surface area contributed by atoms with Crippen LogP contribution in [0, 0.1) is 0 Å². The van der Waals surface area contributed by atoms with Crippen LogP contribution in [0.1, 0.15) is 12.5 Å². The summed E-state index contributed by atoms with van der Waals surface area (Å²) in [7, 11) is -2.26. The van der Waals surface area contributed by atoms with E-state index in [1.54, 1.807) is 31.4 Å². The lowest BCUT2D eigenvalue weighted by molar-refractivity contribution is -0.152. The highest BCUT2D eigenvalue weighted by Crippen LogP contribution is 2.14. The predicted octanol–water partition coefficient (Wildman–Crippen LogP) is 1.46. The lowest BCUT2D eigenvalue weighted by Crippen LogP contribution is -2.30. The number of hydrogen-bond acceptors (Lipinski definition) is 6. The molecule has 0 bridgehead atoms. The standard InChI is InChI=1S/C18H20N2O6S/c1-12(26-17(21)11-13-3-7-15(25-2)8-4-13)18(22)20-14-5-9-16(10-6-14)27(19,23)24/h3-10,12H,11H2,1-2H3,(H,20,22)(H2,19,23,24)/t12-/m0/s1. The summed E-state index contributed by atoms with van der Waals surface area (Å²) in [5, 5.41) is 7.55. The number of nitrogens with one attached hydrogen (secondary N) is 1. The first-order chi connectivity index (χ1) is 12.7. The summed E-state index contributed by atoms with van der Waals surface area (Å²) >= 11 is 0. The van der Waals surface area contributed by atoms with Crippen molar-refractivity contribution >= 4 is 27.6 Å². The second-order valence-corrected chi connectivity index (χ2v) is 7.28. The van der Waals surface area contributed by atoms with Crippen LogP contribution in [0.3, 0.4) is 0 Å². The van der Waals surface area contributed by atoms with Crippen molar-refractivity contribution in [3.63, 3.8) is 0 Å². The maximum absolute atomic E-state index is 12.1. The van der Waals surface area contributed by atoms with Crippen LogP contribution in [0.25, 0.3) is 0 Å². The van der Waals surface area contributed by atoms with Gasteiger partial charge >= 0.3 is 5.97 Å². The summed E-state index contributed by atoms with van der Waals surface area (Å²) < 4.78 is 32.6. The van der Waals surface area contributed by atoms with Gasteiger partial charge in [0.1, 0.15) is 5.75 Å². The molecular formula is C18H20N2O6S. The van der Waals surface area contributed by atoms with E-state index in [2.05, 4.69) is 5.32 Å². The number of benzene rings is 2. The third kappa shape index (κ3) is 6.08. The molecule has 8 nitrogen and oxygen atoms in total. The number of carbonyl (C=O) groups excluding carboxylic acids is 2. The van der Waals surface area contributed by atoms with Crippen molar-refractivity contribution in [1.82, 2.24) is 0 Å². The van der Waals surface area contributed by atoms with Gasteiger partial charge in [-0.15, -0.1) is 0 Å². The predicted molar refractivity (Wildman–Crippen MR) is 98.7 cm³/mol. The minimum atomic E-state index is -3.80. The highest BCUT2D eigenvalue weighted by atomic mass is 32.2. The number of methoxy groups -OCH3 is 1. The molecular weight excluding hydrogens is 372 g/mol. The Labute approximate surface area is 157 Å². The van der Waals surface area contributed by atoms with Gasteiger partial charge in [0.15, 0.2) is 6.10 Å². The molecule has 0 aliphatic carbocycles. The summed E-state index contributed by atoms with van der Waals surface area (Å²) in [6.45, 7) is 1.44. The number of primary sulfonamides is 1. The van der Waals surface area contributed by atoms with Crippen molar-refractivity contribution in [3.05, 3.63) is 54.1 Å². The summed E-state index contributed by atoms with van der Waals surface area (Å²) in [5.41, 5.74) is 1.08. The zero-order valence-corrected chi connectivity index (χ0v) is 15.7. The first-order valence-electron chi connectivity index (χ1n) is 7.95. The Balaban J connectivity index is 1.89. The average molecular weight is 392 g/mol. The molecule has 2 aromatic rings. The van der Waals surface area contributed by atoms with Gasteiger partial charge < -0.3 is 14.8 Å². The third-order valence-electron chi connectivity index (χ3n) is 3.64. The van der Waals surface area contributed by atoms with Gasteiger partial charge in [-0.05, 0) is 48.9 Å². The fourth-order valence-corrected chi connectivity index (χ4v) is 2.69. The minimum absolute atomic E-state index is 0.0185. The SMILES string of the molecule is COc1ccc(CC(=O)O[C@@H](C)C(=O)Nc2ccc(S(N)(=O)=O)cc2)cc1. The van der Waals surface area contributed by atoms with E-state index >= 15 is 0 Å². The van der Waals surface area contributed by atoms with Crippen LogP contribution in [0.15, 0.2) is 53.4 Å². The van der Waals surface area contributed by atoms with Gasteiger partial charge in [-0.25, -0.2) is 13.6 Å². The molecule has 0 unspecified atom stereocenters. The van der Waals surface area contributed by atoms with E-state index in [4.69, 9.17) is 14.6 Å². The molecule has 144 valence electrons. The molecule has 2 aromatic carbocycles. The number of amides is 1. The minimum Gasteiger partial charge on any atom is -0.497 e. The summed E-state index contributed by atoms with van der Waals surface area (Å²) in [6.07, 6.45) is -1.00. The van der Waals surface area contributed by atoms with E-state index in [-0.39, 0.29) is 11.3 Å². The molecule has 0 aliphatic heterocycles. The molecule has 0 fully saturated rings. The van der Waals surface area contributed by atoms with E-state index in [0.29, 0.717) is 11.4 Å². The number of hydrogen-bond donors (Lipinski definition) is 2. The van der Waals surface area contributed by atoms with Crippen molar-refractivity contribution in [1.29, 1.82) is 0 Å². The van der Waals surface area contributed by atoms with Crippen LogP contribution in [-0.2, 0) is 30.8 Å². The Hall–Kier alpha value is -2.91. The van der Waals surface area contributed by atoms with Crippen LogP contribution >= 0.6 is 0 Å². The quantitative estimate of drug-likeness (QED) is 0.687. The third-order valence-corrected chi connectivity index (χ3v) is 4.56. The number of anilines is 1. The molecule has 27 heavy (non-hydrogen) atoms. The van der Waals surface area contributed by atoms with Gasteiger partial charge in [0.05, 0.1) is 18.4 Å². The Morgan fingerprint density at radius 2 is 1.67 bits per heavy atom. The second kappa shape index (κ2) is 8.65. The van der Waals surface area contributed by atoms with E-state index in [1.165, 1.54) is 31.2 Å². The Kier molecular flexibility index (Phi) is 6.54. The van der Waals surface area contributed by atoms with Gasteiger partial charge in [0.25, 0.3) is 5.91 Å². The van der Waals surface area contributed by atoms with E-state index in [0.717, 1.165) is 5.56 Å². The van der Waals surface area contributed by atoms with Crippen molar-refractivity contribution < 1.29 is 27.5 Å². The number of ether oxygens (including phenoxy) is 2. The molecule has 0 aromatic heterocycles. The Morgan fingerprint density at radius 1 is 1.07 bits per heavy atom. The van der Waals surface area contributed by atoms with Crippen LogP contribution in [-0.4, -0.2) is 33.5 Å². The number of sulfonamides is 1. The maximum atomic E-state index is 12.1. The van der Waals surface area contributed by atoms with Crippen molar-refractivity contribution in [3.8, 4) is 5.75 Å². The van der Waals surface area contributed by atoms with Gasteiger partial charge in [0, 0.05) is 5.69 Å². The lowest BCUT2D eigenvalue weighted by Gasteiger charge is -2.14. The topological polar surface area (TPSA) is 125 Å². The lowest BCUT2D eigenvalue weighted by atomic mass is 10.1. The van der Waals surface area contributed by atoms with Gasteiger partial charge in [0.2, 0.25) is 10.0 Å². The largest absolute Gasteiger partial charge is 0.497 e. The molecule has 0 aliphatic rings. The fraction of sp³-hybridized carbons (Fsp3) is 0.222. The molecule has 9 heteroatoms. The highest BCUT2D eigenvalue weighted by Gasteiger charge is 2.18. The number of rotatable bonds is 7. The molecule has 3 N–H and O–H groups in total. The van der Waals surface area contributed by atoms with Gasteiger partial charge in [-0.2, -0.15) is 0 Å². The highest BCUT2D eigenvalue weighted by molar-refractivity contribution is 7.89. The molecule has 1 amide bonds. The van der Waals surface area contributed by atoms with E-state index in [9.17, 15) is 18.0 Å². The van der Waals surface area contributed by atoms with E-state index in [1.807, 2.05) is 0 Å². The maximum Gasteiger partial charge on any atom is 0.311 e. The van der Waals surface area contributed by atoms with Crippen molar-refractivity contribution in [2.75, 3.05) is 12.4 Å². The fourth-order valence-electron chi connectivity index (χ4n) is 2.17. The number of nitrogens with two attached hydrogens (primary N) is 1. The van der Waals surface area contributed by atoms with Crippen LogP contribution in [0.2, 0.25) is 0 Å². The monoisotopic (exact) mass is 392 g/mol. The van der Waals surface area contributed by atoms with Gasteiger partial charge in [-0.1, -0.05) is 12.1 Å². The molecule has 0 radical (unpaired) electrons. The average Bonchev–Trinajstić information content (AvgIpc) is 2.62. The number of esters is 1. The van der Waals surface area contributed by atoms with E-state index < -0.39 is 28.0 Å². The normalized spacial score (nSPS) is 12.1. The molecule has 0 saturated carbocycles. The van der Waals surface area contributed by atoms with Gasteiger partial charge in [-0.3, -0.25) is 9.59 Å². The first kappa shape index (κ1) is 20.4. The second-order valence-electron chi connectivity index (χ2n) is 5.72. The molecule has 0 spiro atoms. The zero-order chi connectivity index (χ0) is 20.0. The van der Waals surface area contributed by atoms with Crippen molar-refractivity contribution in [2.24, 2.45) is 5.14 Å². The number of carbonyl (C=O) groups is 2. The Morgan fingerprint density at radius 3 is 2.19 bits per heavy atom. The summed E-state index contributed by atoms with van der Waals surface area (Å²) in [4.78, 5) is 24.0. The molecule has 0 heterocycles. The van der Waals surface area contributed by atoms with Crippen LogP contribution in [0.5, 0.6) is 5.75 Å². The molecule has 2 rings (SSSR count). The zero-order valence-electron chi connectivity index (χ0n) is 14.8. The molecule has 0 saturated heterocycles. The summed E-state index contributed by atoms with van der Waals surface area (Å²) in [5.74, 6) is -0.415. The van der Waals surface area contributed by atoms with Crippen LogP contribution < -0.4 is 15.2 Å².